The largest absolute Gasteiger partial charge is 0.493 e. The van der Waals surface area contributed by atoms with Crippen molar-refractivity contribution in [2.45, 2.75) is 44.6 Å². The summed E-state index contributed by atoms with van der Waals surface area (Å²) in [5.74, 6) is 1.92. The van der Waals surface area contributed by atoms with Gasteiger partial charge in [-0.1, -0.05) is 28.8 Å². The molecule has 0 spiro atoms. The third-order valence-electron chi connectivity index (χ3n) is 4.59. The molecule has 104 valence electrons. The zero-order chi connectivity index (χ0) is 13.2. The first-order valence-electron chi connectivity index (χ1n) is 7.39. The Hall–Kier alpha value is -0.540. The zero-order valence-corrected chi connectivity index (χ0v) is 13.1. The molecule has 0 saturated heterocycles. The lowest BCUT2D eigenvalue weighted by Crippen LogP contribution is -2.37. The van der Waals surface area contributed by atoms with E-state index in [1.54, 1.807) is 0 Å². The molecule has 0 amide bonds. The average molecular weight is 324 g/mol. The van der Waals surface area contributed by atoms with Crippen molar-refractivity contribution >= 4 is 15.9 Å². The number of benzene rings is 1. The van der Waals surface area contributed by atoms with Crippen molar-refractivity contribution in [1.82, 2.24) is 5.32 Å². The maximum absolute atomic E-state index is 5.85. The number of ether oxygens (including phenoxy) is 1. The lowest BCUT2D eigenvalue weighted by Gasteiger charge is -2.31. The predicted octanol–water partition coefficient (Wildman–Crippen LogP) is 3.70. The van der Waals surface area contributed by atoms with Crippen LogP contribution in [-0.2, 0) is 12.8 Å². The van der Waals surface area contributed by atoms with Gasteiger partial charge in [-0.15, -0.1) is 0 Å². The maximum atomic E-state index is 5.85. The number of fused-ring (bicyclic) bond motifs is 1. The van der Waals surface area contributed by atoms with Gasteiger partial charge >= 0.3 is 0 Å². The van der Waals surface area contributed by atoms with Crippen LogP contribution in [0.2, 0.25) is 0 Å². The lowest BCUT2D eigenvalue weighted by atomic mass is 9.80. The topological polar surface area (TPSA) is 21.3 Å². The fourth-order valence-corrected chi connectivity index (χ4v) is 4.16. The van der Waals surface area contributed by atoms with E-state index in [4.69, 9.17) is 4.74 Å². The van der Waals surface area contributed by atoms with E-state index < -0.39 is 0 Å². The molecule has 2 unspecified atom stereocenters. The highest BCUT2D eigenvalue weighted by molar-refractivity contribution is 9.10. The highest BCUT2D eigenvalue weighted by atomic mass is 79.9. The SMILES string of the molecule is CNC1CCCCC1Cc1cc(Br)cc2c1OCC2. The minimum absolute atomic E-state index is 0.671. The van der Waals surface area contributed by atoms with E-state index in [1.165, 1.54) is 47.0 Å². The third kappa shape index (κ3) is 2.82. The van der Waals surface area contributed by atoms with E-state index in [0.29, 0.717) is 6.04 Å². The van der Waals surface area contributed by atoms with Crippen molar-refractivity contribution in [1.29, 1.82) is 0 Å². The van der Waals surface area contributed by atoms with Gasteiger partial charge in [0.1, 0.15) is 5.75 Å². The Kier molecular flexibility index (Phi) is 4.13. The number of rotatable bonds is 3. The zero-order valence-electron chi connectivity index (χ0n) is 11.5. The van der Waals surface area contributed by atoms with Gasteiger partial charge < -0.3 is 10.1 Å². The third-order valence-corrected chi connectivity index (χ3v) is 5.05. The Labute approximate surface area is 124 Å². The summed E-state index contributed by atoms with van der Waals surface area (Å²) < 4.78 is 7.05. The molecule has 3 heteroatoms. The molecule has 0 radical (unpaired) electrons. The minimum atomic E-state index is 0.671. The Bertz CT molecular complexity index is 460. The van der Waals surface area contributed by atoms with Crippen molar-refractivity contribution < 1.29 is 4.74 Å². The summed E-state index contributed by atoms with van der Waals surface area (Å²) in [5, 5.41) is 3.50. The van der Waals surface area contributed by atoms with Crippen molar-refractivity contribution in [2.75, 3.05) is 13.7 Å². The number of hydrogen-bond acceptors (Lipinski definition) is 2. The summed E-state index contributed by atoms with van der Waals surface area (Å²) in [6.45, 7) is 0.846. The second-order valence-electron chi connectivity index (χ2n) is 5.80. The van der Waals surface area contributed by atoms with Gasteiger partial charge in [-0.25, -0.2) is 0 Å². The van der Waals surface area contributed by atoms with Gasteiger partial charge in [0, 0.05) is 16.9 Å². The lowest BCUT2D eigenvalue weighted by molar-refractivity contribution is 0.269. The van der Waals surface area contributed by atoms with Crippen LogP contribution in [0.4, 0.5) is 0 Å². The molecule has 1 heterocycles. The first-order chi connectivity index (χ1) is 9.28. The van der Waals surface area contributed by atoms with Crippen LogP contribution in [0.3, 0.4) is 0 Å². The van der Waals surface area contributed by atoms with E-state index in [0.717, 1.165) is 25.4 Å². The van der Waals surface area contributed by atoms with E-state index in [9.17, 15) is 0 Å². The summed E-state index contributed by atoms with van der Waals surface area (Å²) in [6.07, 6.45) is 7.61. The van der Waals surface area contributed by atoms with Crippen LogP contribution in [0.1, 0.15) is 36.8 Å². The number of nitrogens with one attached hydrogen (secondary N) is 1. The Balaban J connectivity index is 1.82. The van der Waals surface area contributed by atoms with Gasteiger partial charge in [0.15, 0.2) is 0 Å². The highest BCUT2D eigenvalue weighted by Crippen LogP contribution is 2.36. The second-order valence-corrected chi connectivity index (χ2v) is 6.71. The van der Waals surface area contributed by atoms with Crippen LogP contribution in [0.25, 0.3) is 0 Å². The molecular weight excluding hydrogens is 302 g/mol. The molecule has 1 aliphatic heterocycles. The van der Waals surface area contributed by atoms with E-state index in [2.05, 4.69) is 40.4 Å². The molecule has 3 rings (SSSR count). The summed E-state index contributed by atoms with van der Waals surface area (Å²) in [7, 11) is 2.10. The van der Waals surface area contributed by atoms with Crippen molar-refractivity contribution in [3.63, 3.8) is 0 Å². The molecule has 0 aromatic heterocycles. The van der Waals surface area contributed by atoms with Gasteiger partial charge in [0.25, 0.3) is 0 Å². The van der Waals surface area contributed by atoms with Gasteiger partial charge in [-0.05, 0) is 55.5 Å². The van der Waals surface area contributed by atoms with Gasteiger partial charge in [0.2, 0.25) is 0 Å². The van der Waals surface area contributed by atoms with E-state index >= 15 is 0 Å². The monoisotopic (exact) mass is 323 g/mol. The average Bonchev–Trinajstić information content (AvgIpc) is 2.87. The van der Waals surface area contributed by atoms with Crippen molar-refractivity contribution in [3.8, 4) is 5.75 Å². The summed E-state index contributed by atoms with van der Waals surface area (Å²) in [5.41, 5.74) is 2.77. The fourth-order valence-electron chi connectivity index (χ4n) is 3.61. The molecule has 2 atom stereocenters. The fraction of sp³-hybridized carbons (Fsp3) is 0.625. The van der Waals surface area contributed by atoms with E-state index in [1.807, 2.05) is 0 Å². The van der Waals surface area contributed by atoms with E-state index in [-0.39, 0.29) is 0 Å². The molecule has 2 aliphatic rings. The van der Waals surface area contributed by atoms with Crippen molar-refractivity contribution in [2.24, 2.45) is 5.92 Å². The van der Waals surface area contributed by atoms with Gasteiger partial charge in [0.05, 0.1) is 6.61 Å². The predicted molar refractivity (Wildman–Crippen MR) is 81.9 cm³/mol. The smallest absolute Gasteiger partial charge is 0.125 e. The molecule has 2 nitrogen and oxygen atoms in total. The summed E-state index contributed by atoms with van der Waals surface area (Å²) in [6, 6.07) is 5.14. The second kappa shape index (κ2) is 5.84. The molecule has 1 aliphatic carbocycles. The van der Waals surface area contributed by atoms with Crippen LogP contribution in [0.5, 0.6) is 5.75 Å². The van der Waals surface area contributed by atoms with Crippen LogP contribution in [0, 0.1) is 5.92 Å². The maximum Gasteiger partial charge on any atom is 0.125 e. The number of halogens is 1. The summed E-state index contributed by atoms with van der Waals surface area (Å²) in [4.78, 5) is 0. The molecule has 1 aromatic carbocycles. The number of hydrogen-bond donors (Lipinski definition) is 1. The Morgan fingerprint density at radius 2 is 2.16 bits per heavy atom. The van der Waals surface area contributed by atoms with Gasteiger partial charge in [-0.2, -0.15) is 0 Å². The Morgan fingerprint density at radius 1 is 1.32 bits per heavy atom. The molecule has 1 fully saturated rings. The van der Waals surface area contributed by atoms with Crippen LogP contribution in [-0.4, -0.2) is 19.7 Å². The first-order valence-corrected chi connectivity index (χ1v) is 8.18. The molecule has 1 aromatic rings. The van der Waals surface area contributed by atoms with Gasteiger partial charge in [-0.3, -0.25) is 0 Å². The quantitative estimate of drug-likeness (QED) is 0.915. The first kappa shape index (κ1) is 13.4. The van der Waals surface area contributed by atoms with Crippen molar-refractivity contribution in [3.05, 3.63) is 27.7 Å². The van der Waals surface area contributed by atoms with Crippen LogP contribution in [0.15, 0.2) is 16.6 Å². The highest BCUT2D eigenvalue weighted by Gasteiger charge is 2.26. The standard InChI is InChI=1S/C16H22BrNO/c1-18-15-5-3-2-4-11(15)8-13-10-14(17)9-12-6-7-19-16(12)13/h9-11,15,18H,2-8H2,1H3. The Morgan fingerprint density at radius 3 is 3.00 bits per heavy atom. The molecule has 1 N–H and O–H groups in total. The normalized spacial score (nSPS) is 26.0. The molecule has 19 heavy (non-hydrogen) atoms. The molecule has 0 bridgehead atoms. The summed E-state index contributed by atoms with van der Waals surface area (Å²) >= 11 is 3.64. The minimum Gasteiger partial charge on any atom is -0.493 e. The molecule has 1 saturated carbocycles. The van der Waals surface area contributed by atoms with Crippen LogP contribution >= 0.6 is 15.9 Å². The molecular formula is C16H22BrNO. The van der Waals surface area contributed by atoms with Crippen LogP contribution < -0.4 is 10.1 Å².